The lowest BCUT2D eigenvalue weighted by molar-refractivity contribution is -0.141. The first-order valence-corrected chi connectivity index (χ1v) is 8.41. The molecule has 1 unspecified atom stereocenters. The summed E-state index contributed by atoms with van der Waals surface area (Å²) in [5.74, 6) is -2.53. The number of carbonyl (C=O) groups excluding carboxylic acids is 2. The van der Waals surface area contributed by atoms with Gasteiger partial charge in [-0.15, -0.1) is 0 Å². The number of aromatic nitrogens is 2. The van der Waals surface area contributed by atoms with Gasteiger partial charge in [-0.25, -0.2) is 13.5 Å². The van der Waals surface area contributed by atoms with E-state index in [4.69, 9.17) is 4.74 Å². The van der Waals surface area contributed by atoms with Crippen molar-refractivity contribution in [1.82, 2.24) is 15.1 Å². The van der Waals surface area contributed by atoms with Crippen molar-refractivity contribution in [3.05, 3.63) is 83.7 Å². The van der Waals surface area contributed by atoms with E-state index in [1.807, 2.05) is 6.07 Å². The van der Waals surface area contributed by atoms with Gasteiger partial charge < -0.3 is 10.1 Å². The first-order chi connectivity index (χ1) is 13.5. The Kier molecular flexibility index (Phi) is 5.78. The molecule has 0 aliphatic carbocycles. The van der Waals surface area contributed by atoms with E-state index in [2.05, 4.69) is 10.4 Å². The van der Waals surface area contributed by atoms with E-state index in [0.29, 0.717) is 0 Å². The number of halogens is 2. The molecule has 1 atom stereocenters. The van der Waals surface area contributed by atoms with Crippen LogP contribution in [-0.4, -0.2) is 28.8 Å². The minimum atomic E-state index is -0.803. The number of rotatable bonds is 6. The molecule has 0 saturated heterocycles. The molecule has 1 aromatic heterocycles. The molecule has 0 saturated carbocycles. The normalized spacial score (nSPS) is 11.7. The molecular weight excluding hydrogens is 368 g/mol. The van der Waals surface area contributed by atoms with E-state index in [1.54, 1.807) is 24.3 Å². The van der Waals surface area contributed by atoms with Gasteiger partial charge in [-0.2, -0.15) is 5.10 Å². The van der Waals surface area contributed by atoms with Crippen LogP contribution >= 0.6 is 0 Å². The number of nitrogens with one attached hydrogen (secondary N) is 1. The molecule has 1 amide bonds. The van der Waals surface area contributed by atoms with Crippen LogP contribution in [0.2, 0.25) is 0 Å². The molecular formula is C20H17F2N3O3. The summed E-state index contributed by atoms with van der Waals surface area (Å²) in [5, 5.41) is 6.78. The summed E-state index contributed by atoms with van der Waals surface area (Å²) in [6, 6.07) is 12.8. The summed E-state index contributed by atoms with van der Waals surface area (Å²) in [4.78, 5) is 24.3. The number of nitrogens with zero attached hydrogens (tertiary/aromatic N) is 2. The summed E-state index contributed by atoms with van der Waals surface area (Å²) in [7, 11) is 1.27. The quantitative estimate of drug-likeness (QED) is 0.662. The average Bonchev–Trinajstić information content (AvgIpc) is 3.18. The molecule has 0 aliphatic rings. The third kappa shape index (κ3) is 4.40. The number of hydrogen-bond acceptors (Lipinski definition) is 4. The smallest absolute Gasteiger partial charge is 0.307 e. The van der Waals surface area contributed by atoms with Gasteiger partial charge in [0.15, 0.2) is 11.5 Å². The molecule has 144 valence electrons. The lowest BCUT2D eigenvalue weighted by Crippen LogP contribution is -2.30. The van der Waals surface area contributed by atoms with Crippen LogP contribution in [0.3, 0.4) is 0 Å². The molecule has 0 bridgehead atoms. The average molecular weight is 385 g/mol. The Hall–Kier alpha value is -3.55. The zero-order valence-corrected chi connectivity index (χ0v) is 14.9. The highest BCUT2D eigenvalue weighted by Gasteiger charge is 2.21. The zero-order valence-electron chi connectivity index (χ0n) is 14.9. The van der Waals surface area contributed by atoms with Crippen LogP contribution in [0.25, 0.3) is 5.69 Å². The van der Waals surface area contributed by atoms with Crippen LogP contribution in [0.15, 0.2) is 60.8 Å². The minimum absolute atomic E-state index is 0.00891. The van der Waals surface area contributed by atoms with Crippen LogP contribution in [0, 0.1) is 11.6 Å². The second kappa shape index (κ2) is 8.43. The van der Waals surface area contributed by atoms with Crippen molar-refractivity contribution in [2.45, 2.75) is 12.5 Å². The molecule has 6 nitrogen and oxygen atoms in total. The van der Waals surface area contributed by atoms with Crippen LogP contribution in [0.5, 0.6) is 0 Å². The molecule has 2 aromatic carbocycles. The fourth-order valence-corrected chi connectivity index (χ4v) is 2.67. The second-order valence-corrected chi connectivity index (χ2v) is 5.96. The van der Waals surface area contributed by atoms with Gasteiger partial charge in [-0.05, 0) is 23.8 Å². The monoisotopic (exact) mass is 385 g/mol. The molecule has 1 heterocycles. The van der Waals surface area contributed by atoms with Gasteiger partial charge in [0.2, 0.25) is 0 Å². The molecule has 0 spiro atoms. The Morgan fingerprint density at radius 3 is 2.57 bits per heavy atom. The summed E-state index contributed by atoms with van der Waals surface area (Å²) >= 11 is 0. The Bertz CT molecular complexity index is 989. The van der Waals surface area contributed by atoms with Crippen molar-refractivity contribution in [1.29, 1.82) is 0 Å². The number of carbonyl (C=O) groups is 2. The Morgan fingerprint density at radius 2 is 1.89 bits per heavy atom. The van der Waals surface area contributed by atoms with E-state index in [1.165, 1.54) is 25.4 Å². The van der Waals surface area contributed by atoms with Gasteiger partial charge in [0.05, 0.1) is 19.6 Å². The predicted octanol–water partition coefficient (Wildman–Crippen LogP) is 3.18. The molecule has 0 fully saturated rings. The first kappa shape index (κ1) is 19.2. The third-order valence-corrected chi connectivity index (χ3v) is 4.08. The van der Waals surface area contributed by atoms with Crippen molar-refractivity contribution in [3.63, 3.8) is 0 Å². The molecule has 3 aromatic rings. The second-order valence-electron chi connectivity index (χ2n) is 5.96. The molecule has 28 heavy (non-hydrogen) atoms. The largest absolute Gasteiger partial charge is 0.469 e. The molecule has 0 radical (unpaired) electrons. The highest BCUT2D eigenvalue weighted by Crippen LogP contribution is 2.19. The zero-order chi connectivity index (χ0) is 20.1. The molecule has 0 aliphatic heterocycles. The van der Waals surface area contributed by atoms with E-state index in [9.17, 15) is 18.4 Å². The van der Waals surface area contributed by atoms with Gasteiger partial charge in [0, 0.05) is 12.3 Å². The van der Waals surface area contributed by atoms with Crippen molar-refractivity contribution < 1.29 is 23.1 Å². The number of amides is 1. The molecule has 8 heteroatoms. The number of methoxy groups -OCH3 is 1. The van der Waals surface area contributed by atoms with Crippen LogP contribution in [0.1, 0.15) is 28.5 Å². The van der Waals surface area contributed by atoms with Crippen molar-refractivity contribution in [2.75, 3.05) is 7.11 Å². The SMILES string of the molecule is COC(=O)CC(NC(=O)c1ccn(-c2ccc(F)cc2F)n1)c1ccccc1. The third-order valence-electron chi connectivity index (χ3n) is 4.08. The highest BCUT2D eigenvalue weighted by atomic mass is 19.1. The maximum absolute atomic E-state index is 13.9. The lowest BCUT2D eigenvalue weighted by atomic mass is 10.0. The Labute approximate surface area is 159 Å². The lowest BCUT2D eigenvalue weighted by Gasteiger charge is -2.17. The molecule has 1 N–H and O–H groups in total. The number of hydrogen-bond donors (Lipinski definition) is 1. The van der Waals surface area contributed by atoms with Gasteiger partial charge in [0.1, 0.15) is 11.5 Å². The predicted molar refractivity (Wildman–Crippen MR) is 96.8 cm³/mol. The van der Waals surface area contributed by atoms with E-state index in [-0.39, 0.29) is 17.8 Å². The molecule has 3 rings (SSSR count). The number of esters is 1. The summed E-state index contributed by atoms with van der Waals surface area (Å²) in [5.41, 5.74) is 0.759. The standard InChI is InChI=1S/C20H17F2N3O3/c1-28-19(26)12-17(13-5-3-2-4-6-13)23-20(27)16-9-10-25(24-16)18-8-7-14(21)11-15(18)22/h2-11,17H,12H2,1H3,(H,23,27). The number of ether oxygens (including phenoxy) is 1. The van der Waals surface area contributed by atoms with Crippen molar-refractivity contribution in [2.24, 2.45) is 0 Å². The summed E-state index contributed by atoms with van der Waals surface area (Å²) in [6.45, 7) is 0. The van der Waals surface area contributed by atoms with Crippen LogP contribution < -0.4 is 5.32 Å². The Morgan fingerprint density at radius 1 is 1.14 bits per heavy atom. The highest BCUT2D eigenvalue weighted by molar-refractivity contribution is 5.92. The Balaban J connectivity index is 1.80. The fraction of sp³-hybridized carbons (Fsp3) is 0.150. The maximum Gasteiger partial charge on any atom is 0.307 e. The topological polar surface area (TPSA) is 73.2 Å². The maximum atomic E-state index is 13.9. The van der Waals surface area contributed by atoms with E-state index in [0.717, 1.165) is 22.4 Å². The van der Waals surface area contributed by atoms with Gasteiger partial charge in [0.25, 0.3) is 5.91 Å². The summed E-state index contributed by atoms with van der Waals surface area (Å²) in [6.07, 6.45) is 1.34. The van der Waals surface area contributed by atoms with Gasteiger partial charge >= 0.3 is 5.97 Å². The van der Waals surface area contributed by atoms with Crippen molar-refractivity contribution >= 4 is 11.9 Å². The van der Waals surface area contributed by atoms with Crippen molar-refractivity contribution in [3.8, 4) is 5.69 Å². The van der Waals surface area contributed by atoms with E-state index < -0.39 is 29.6 Å². The first-order valence-electron chi connectivity index (χ1n) is 8.41. The minimum Gasteiger partial charge on any atom is -0.469 e. The van der Waals surface area contributed by atoms with Gasteiger partial charge in [-0.3, -0.25) is 9.59 Å². The summed E-state index contributed by atoms with van der Waals surface area (Å²) < 4.78 is 32.8. The number of benzene rings is 2. The van der Waals surface area contributed by atoms with Crippen LogP contribution in [0.4, 0.5) is 8.78 Å². The van der Waals surface area contributed by atoms with E-state index >= 15 is 0 Å². The van der Waals surface area contributed by atoms with Crippen LogP contribution in [-0.2, 0) is 9.53 Å². The van der Waals surface area contributed by atoms with Gasteiger partial charge in [-0.1, -0.05) is 30.3 Å². The fourth-order valence-electron chi connectivity index (χ4n) is 2.67.